The predicted octanol–water partition coefficient (Wildman–Crippen LogP) is 0.318. The fourth-order valence-electron chi connectivity index (χ4n) is 2.76. The molecule has 132 valence electrons. The zero-order valence-corrected chi connectivity index (χ0v) is 14.1. The second-order valence-corrected chi connectivity index (χ2v) is 5.95. The van der Waals surface area contributed by atoms with Gasteiger partial charge in [-0.1, -0.05) is 30.3 Å². The molecule has 0 bridgehead atoms. The van der Waals surface area contributed by atoms with Crippen molar-refractivity contribution in [3.05, 3.63) is 35.9 Å². The number of carbonyl (C=O) groups is 2. The lowest BCUT2D eigenvalue weighted by atomic mass is 9.94. The lowest BCUT2D eigenvalue weighted by molar-refractivity contribution is -0.241. The number of amides is 2. The Bertz CT molecular complexity index is 565. The van der Waals surface area contributed by atoms with Crippen LogP contribution in [0.15, 0.2) is 30.3 Å². The molecule has 1 fully saturated rings. The van der Waals surface area contributed by atoms with E-state index < -0.39 is 30.6 Å². The molecule has 1 aliphatic rings. The molecule has 1 heterocycles. The summed E-state index contributed by atoms with van der Waals surface area (Å²) in [4.78, 5) is 22.8. The Balaban J connectivity index is 2.10. The predicted molar refractivity (Wildman–Crippen MR) is 86.8 cm³/mol. The molecule has 1 aromatic carbocycles. The zero-order valence-electron chi connectivity index (χ0n) is 14.1. The van der Waals surface area contributed by atoms with Crippen molar-refractivity contribution in [3.8, 4) is 0 Å². The minimum atomic E-state index is -1.03. The molecule has 7 nitrogen and oxygen atoms in total. The third-order valence-corrected chi connectivity index (χ3v) is 3.88. The number of rotatable bonds is 5. The fraction of sp³-hybridized carbons (Fsp3) is 0.529. The SMILES string of the molecule is CC(=O)N[C@H]1[C@H](OCc2ccccc2)O[C@H](C)[C@@H](NC(C)=O)[C@@H]1O. The summed E-state index contributed by atoms with van der Waals surface area (Å²) in [5, 5.41) is 15.9. The Kier molecular flexibility index (Phi) is 6.30. The standard InChI is InChI=1S/C17H24N2O5/c1-10-14(18-11(2)20)16(22)15(19-12(3)21)17(24-10)23-9-13-7-5-4-6-8-13/h4-8,10,14-17,22H,9H2,1-3H3,(H,18,20)(H,19,21)/t10-,14-,15-,16+,17-/m1/s1. The molecule has 2 amide bonds. The van der Waals surface area contributed by atoms with Gasteiger partial charge in [0.2, 0.25) is 11.8 Å². The fourth-order valence-corrected chi connectivity index (χ4v) is 2.76. The number of ether oxygens (including phenoxy) is 2. The Labute approximate surface area is 141 Å². The molecule has 0 aliphatic carbocycles. The van der Waals surface area contributed by atoms with Gasteiger partial charge in [0.1, 0.15) is 12.1 Å². The van der Waals surface area contributed by atoms with Crippen LogP contribution in [0.2, 0.25) is 0 Å². The molecule has 0 saturated carbocycles. The van der Waals surface area contributed by atoms with Crippen LogP contribution in [0.25, 0.3) is 0 Å². The van der Waals surface area contributed by atoms with Gasteiger partial charge in [-0.3, -0.25) is 9.59 Å². The van der Waals surface area contributed by atoms with Crippen LogP contribution >= 0.6 is 0 Å². The van der Waals surface area contributed by atoms with Crippen LogP contribution in [0.4, 0.5) is 0 Å². The number of benzene rings is 1. The summed E-state index contributed by atoms with van der Waals surface area (Å²) in [7, 11) is 0. The molecule has 24 heavy (non-hydrogen) atoms. The van der Waals surface area contributed by atoms with Crippen molar-refractivity contribution < 1.29 is 24.2 Å². The molecule has 0 aromatic heterocycles. The van der Waals surface area contributed by atoms with Gasteiger partial charge < -0.3 is 25.2 Å². The Morgan fingerprint density at radius 3 is 2.29 bits per heavy atom. The van der Waals surface area contributed by atoms with E-state index in [4.69, 9.17) is 9.47 Å². The molecule has 1 saturated heterocycles. The van der Waals surface area contributed by atoms with Gasteiger partial charge in [-0.2, -0.15) is 0 Å². The van der Waals surface area contributed by atoms with Gasteiger partial charge in [-0.05, 0) is 12.5 Å². The summed E-state index contributed by atoms with van der Waals surface area (Å²) < 4.78 is 11.6. The topological polar surface area (TPSA) is 96.9 Å². The third-order valence-electron chi connectivity index (χ3n) is 3.88. The zero-order chi connectivity index (χ0) is 17.7. The van der Waals surface area contributed by atoms with Crippen LogP contribution in [0.1, 0.15) is 26.3 Å². The molecule has 1 aromatic rings. The first-order valence-corrected chi connectivity index (χ1v) is 7.91. The normalized spacial score (nSPS) is 29.8. The van der Waals surface area contributed by atoms with Gasteiger partial charge >= 0.3 is 0 Å². The summed E-state index contributed by atoms with van der Waals surface area (Å²) in [6.07, 6.45) is -2.30. The van der Waals surface area contributed by atoms with Crippen molar-refractivity contribution in [1.82, 2.24) is 10.6 Å². The van der Waals surface area contributed by atoms with E-state index in [1.807, 2.05) is 30.3 Å². The molecule has 0 spiro atoms. The third kappa shape index (κ3) is 4.77. The van der Waals surface area contributed by atoms with Crippen LogP contribution in [0.5, 0.6) is 0 Å². The van der Waals surface area contributed by atoms with E-state index in [0.29, 0.717) is 0 Å². The molecule has 7 heteroatoms. The number of aliphatic hydroxyl groups excluding tert-OH is 1. The molecular weight excluding hydrogens is 312 g/mol. The highest BCUT2D eigenvalue weighted by Crippen LogP contribution is 2.23. The highest BCUT2D eigenvalue weighted by molar-refractivity contribution is 5.74. The maximum Gasteiger partial charge on any atom is 0.217 e. The summed E-state index contributed by atoms with van der Waals surface area (Å²) in [6.45, 7) is 4.75. The molecular formula is C17H24N2O5. The first-order chi connectivity index (χ1) is 11.4. The van der Waals surface area contributed by atoms with E-state index in [2.05, 4.69) is 10.6 Å². The summed E-state index contributed by atoms with van der Waals surface area (Å²) in [6, 6.07) is 8.12. The summed E-state index contributed by atoms with van der Waals surface area (Å²) >= 11 is 0. The number of carbonyl (C=O) groups excluding carboxylic acids is 2. The lowest BCUT2D eigenvalue weighted by Crippen LogP contribution is -2.67. The van der Waals surface area contributed by atoms with Gasteiger partial charge in [-0.15, -0.1) is 0 Å². The average Bonchev–Trinajstić information content (AvgIpc) is 2.53. The molecule has 2 rings (SSSR count). The highest BCUT2D eigenvalue weighted by Gasteiger charge is 2.44. The smallest absolute Gasteiger partial charge is 0.217 e. The van der Waals surface area contributed by atoms with Gasteiger partial charge in [0.25, 0.3) is 0 Å². The summed E-state index contributed by atoms with van der Waals surface area (Å²) in [5.41, 5.74) is 0.953. The molecule has 3 N–H and O–H groups in total. The van der Waals surface area contributed by atoms with Crippen LogP contribution in [0.3, 0.4) is 0 Å². The number of hydrogen-bond donors (Lipinski definition) is 3. The van der Waals surface area contributed by atoms with Gasteiger partial charge in [0, 0.05) is 13.8 Å². The van der Waals surface area contributed by atoms with Crippen molar-refractivity contribution in [2.24, 2.45) is 0 Å². The first kappa shape index (κ1) is 18.4. The van der Waals surface area contributed by atoms with E-state index in [9.17, 15) is 14.7 Å². The van der Waals surface area contributed by atoms with E-state index in [1.54, 1.807) is 6.92 Å². The maximum absolute atomic E-state index is 11.5. The van der Waals surface area contributed by atoms with E-state index >= 15 is 0 Å². The first-order valence-electron chi connectivity index (χ1n) is 7.91. The lowest BCUT2D eigenvalue weighted by Gasteiger charge is -2.43. The second kappa shape index (κ2) is 8.23. The maximum atomic E-state index is 11.5. The average molecular weight is 336 g/mol. The Hall–Kier alpha value is -1.96. The number of aliphatic hydroxyl groups is 1. The molecule has 0 unspecified atom stereocenters. The van der Waals surface area contributed by atoms with E-state index in [-0.39, 0.29) is 18.4 Å². The van der Waals surface area contributed by atoms with Gasteiger partial charge in [0.05, 0.1) is 18.8 Å². The van der Waals surface area contributed by atoms with Crippen molar-refractivity contribution >= 4 is 11.8 Å². The Morgan fingerprint density at radius 2 is 1.71 bits per heavy atom. The quantitative estimate of drug-likeness (QED) is 0.719. The Morgan fingerprint density at radius 1 is 1.12 bits per heavy atom. The van der Waals surface area contributed by atoms with Crippen LogP contribution in [-0.4, -0.2) is 47.5 Å². The second-order valence-electron chi connectivity index (χ2n) is 5.95. The number of hydrogen-bond acceptors (Lipinski definition) is 5. The van der Waals surface area contributed by atoms with Crippen LogP contribution in [-0.2, 0) is 25.7 Å². The van der Waals surface area contributed by atoms with Crippen molar-refractivity contribution in [2.45, 2.75) is 58.0 Å². The minimum absolute atomic E-state index is 0.278. The van der Waals surface area contributed by atoms with E-state index in [1.165, 1.54) is 13.8 Å². The molecule has 5 atom stereocenters. The van der Waals surface area contributed by atoms with Gasteiger partial charge in [0.15, 0.2) is 6.29 Å². The van der Waals surface area contributed by atoms with Crippen molar-refractivity contribution in [1.29, 1.82) is 0 Å². The molecule has 1 aliphatic heterocycles. The van der Waals surface area contributed by atoms with E-state index in [0.717, 1.165) is 5.56 Å². The highest BCUT2D eigenvalue weighted by atomic mass is 16.7. The molecule has 0 radical (unpaired) electrons. The minimum Gasteiger partial charge on any atom is -0.389 e. The van der Waals surface area contributed by atoms with Crippen molar-refractivity contribution in [2.75, 3.05) is 0 Å². The van der Waals surface area contributed by atoms with Crippen LogP contribution in [0, 0.1) is 0 Å². The van der Waals surface area contributed by atoms with Gasteiger partial charge in [-0.25, -0.2) is 0 Å². The summed E-state index contributed by atoms with van der Waals surface area (Å²) in [5.74, 6) is -0.591. The largest absolute Gasteiger partial charge is 0.389 e. The van der Waals surface area contributed by atoms with Crippen LogP contribution < -0.4 is 10.6 Å². The van der Waals surface area contributed by atoms with Crippen molar-refractivity contribution in [3.63, 3.8) is 0 Å². The number of nitrogens with one attached hydrogen (secondary N) is 2. The monoisotopic (exact) mass is 336 g/mol.